The fraction of sp³-hybridized carbons (Fsp3) is 0.533. The molecule has 1 aliphatic carbocycles. The van der Waals surface area contributed by atoms with E-state index >= 15 is 0 Å². The van der Waals surface area contributed by atoms with Gasteiger partial charge in [-0.15, -0.1) is 0 Å². The van der Waals surface area contributed by atoms with Gasteiger partial charge in [-0.25, -0.2) is 0 Å². The number of hydrogen-bond acceptors (Lipinski definition) is 1. The third-order valence-electron chi connectivity index (χ3n) is 3.50. The van der Waals surface area contributed by atoms with Crippen LogP contribution < -0.4 is 4.90 Å². The van der Waals surface area contributed by atoms with Gasteiger partial charge in [-0.2, -0.15) is 0 Å². The van der Waals surface area contributed by atoms with E-state index in [4.69, 9.17) is 0 Å². The molecule has 1 aliphatic rings. The van der Waals surface area contributed by atoms with Gasteiger partial charge in [0.05, 0.1) is 0 Å². The topological polar surface area (TPSA) is 20.3 Å². The molecule has 0 radical (unpaired) electrons. The predicted octanol–water partition coefficient (Wildman–Crippen LogP) is 3.48. The first-order valence-electron chi connectivity index (χ1n) is 6.60. The molecule has 0 heterocycles. The molecule has 2 unspecified atom stereocenters. The minimum absolute atomic E-state index is 0.270. The van der Waals surface area contributed by atoms with E-state index in [0.717, 1.165) is 31.5 Å². The van der Waals surface area contributed by atoms with Crippen molar-refractivity contribution in [2.75, 3.05) is 11.4 Å². The summed E-state index contributed by atoms with van der Waals surface area (Å²) >= 11 is 0. The molecule has 1 saturated carbocycles. The summed E-state index contributed by atoms with van der Waals surface area (Å²) in [5.41, 5.74) is 1.05. The number of carbonyl (C=O) groups excluding carboxylic acids is 1. The summed E-state index contributed by atoms with van der Waals surface area (Å²) in [6.07, 6.45) is 3.26. The number of unbranched alkanes of at least 4 members (excludes halogenated alkanes) is 1. The molecular weight excluding hydrogens is 210 g/mol. The van der Waals surface area contributed by atoms with Gasteiger partial charge in [0.25, 0.3) is 0 Å². The average molecular weight is 231 g/mol. The standard InChI is InChI=1S/C15H21NO/c1-3-4-10-16(13-8-6-5-7-9-13)15(17)14-11-12(14)2/h5-9,12,14H,3-4,10-11H2,1-2H3. The normalized spacial score (nSPS) is 22.2. The Hall–Kier alpha value is -1.31. The van der Waals surface area contributed by atoms with Crippen molar-refractivity contribution in [3.8, 4) is 0 Å². The Morgan fingerprint density at radius 3 is 2.53 bits per heavy atom. The van der Waals surface area contributed by atoms with Crippen LogP contribution in [-0.4, -0.2) is 12.5 Å². The van der Waals surface area contributed by atoms with Crippen LogP contribution in [0.2, 0.25) is 0 Å². The van der Waals surface area contributed by atoms with E-state index in [2.05, 4.69) is 13.8 Å². The van der Waals surface area contributed by atoms with Crippen LogP contribution >= 0.6 is 0 Å². The summed E-state index contributed by atoms with van der Waals surface area (Å²) in [5, 5.41) is 0. The third-order valence-corrected chi connectivity index (χ3v) is 3.50. The van der Waals surface area contributed by atoms with Crippen molar-refractivity contribution in [2.24, 2.45) is 11.8 Å². The van der Waals surface area contributed by atoms with Crippen molar-refractivity contribution in [1.82, 2.24) is 0 Å². The number of nitrogens with zero attached hydrogens (tertiary/aromatic N) is 1. The Kier molecular flexibility index (Phi) is 3.82. The molecule has 1 aromatic rings. The highest BCUT2D eigenvalue weighted by Gasteiger charge is 2.41. The number of carbonyl (C=O) groups is 1. The zero-order valence-corrected chi connectivity index (χ0v) is 10.7. The molecule has 0 aliphatic heterocycles. The number of amides is 1. The van der Waals surface area contributed by atoms with Crippen LogP contribution in [-0.2, 0) is 4.79 Å². The Morgan fingerprint density at radius 2 is 2.00 bits per heavy atom. The fourth-order valence-electron chi connectivity index (χ4n) is 2.16. The molecular formula is C15H21NO. The van der Waals surface area contributed by atoms with Gasteiger partial charge in [0, 0.05) is 18.2 Å². The zero-order chi connectivity index (χ0) is 12.3. The molecule has 2 nitrogen and oxygen atoms in total. The average Bonchev–Trinajstić information content (AvgIpc) is 3.08. The highest BCUT2D eigenvalue weighted by Crippen LogP contribution is 2.40. The van der Waals surface area contributed by atoms with E-state index in [0.29, 0.717) is 11.8 Å². The summed E-state index contributed by atoms with van der Waals surface area (Å²) in [5.74, 6) is 1.17. The van der Waals surface area contributed by atoms with Gasteiger partial charge in [-0.3, -0.25) is 4.79 Å². The first kappa shape index (κ1) is 12.2. The van der Waals surface area contributed by atoms with Crippen LogP contribution in [0.1, 0.15) is 33.1 Å². The fourth-order valence-corrected chi connectivity index (χ4v) is 2.16. The van der Waals surface area contributed by atoms with E-state index in [1.807, 2.05) is 35.2 Å². The highest BCUT2D eigenvalue weighted by atomic mass is 16.2. The monoisotopic (exact) mass is 231 g/mol. The molecule has 1 fully saturated rings. The van der Waals surface area contributed by atoms with Gasteiger partial charge < -0.3 is 4.90 Å². The first-order chi connectivity index (χ1) is 8.24. The maximum Gasteiger partial charge on any atom is 0.230 e. The molecule has 17 heavy (non-hydrogen) atoms. The van der Waals surface area contributed by atoms with Crippen LogP contribution in [0.5, 0.6) is 0 Å². The molecule has 2 rings (SSSR count). The van der Waals surface area contributed by atoms with Gasteiger partial charge in [-0.05, 0) is 30.9 Å². The number of anilines is 1. The molecule has 2 atom stereocenters. The van der Waals surface area contributed by atoms with E-state index in [-0.39, 0.29) is 5.92 Å². The zero-order valence-electron chi connectivity index (χ0n) is 10.7. The molecule has 1 aromatic carbocycles. The first-order valence-corrected chi connectivity index (χ1v) is 6.60. The largest absolute Gasteiger partial charge is 0.312 e. The maximum absolute atomic E-state index is 12.3. The Bertz CT molecular complexity index is 374. The van der Waals surface area contributed by atoms with E-state index in [1.54, 1.807) is 0 Å². The molecule has 0 spiro atoms. The SMILES string of the molecule is CCCCN(C(=O)C1CC1C)c1ccccc1. The van der Waals surface area contributed by atoms with E-state index in [1.165, 1.54) is 0 Å². The van der Waals surface area contributed by atoms with Crippen LogP contribution in [0.25, 0.3) is 0 Å². The van der Waals surface area contributed by atoms with Crippen LogP contribution in [0, 0.1) is 11.8 Å². The minimum atomic E-state index is 0.270. The number of rotatable bonds is 5. The molecule has 92 valence electrons. The summed E-state index contributed by atoms with van der Waals surface area (Å²) in [6.45, 7) is 5.17. The summed E-state index contributed by atoms with van der Waals surface area (Å²) in [6, 6.07) is 10.0. The van der Waals surface area contributed by atoms with Crippen molar-refractivity contribution < 1.29 is 4.79 Å². The van der Waals surface area contributed by atoms with Gasteiger partial charge in [0.15, 0.2) is 0 Å². The third kappa shape index (κ3) is 2.87. The van der Waals surface area contributed by atoms with Crippen molar-refractivity contribution in [2.45, 2.75) is 33.1 Å². The van der Waals surface area contributed by atoms with Crippen molar-refractivity contribution in [3.05, 3.63) is 30.3 Å². The van der Waals surface area contributed by atoms with Gasteiger partial charge in [0.1, 0.15) is 0 Å². The molecule has 0 saturated heterocycles. The van der Waals surface area contributed by atoms with Crippen LogP contribution in [0.4, 0.5) is 5.69 Å². The van der Waals surface area contributed by atoms with Crippen LogP contribution in [0.3, 0.4) is 0 Å². The highest BCUT2D eigenvalue weighted by molar-refractivity contribution is 5.96. The lowest BCUT2D eigenvalue weighted by Crippen LogP contribution is -2.33. The Morgan fingerprint density at radius 1 is 1.35 bits per heavy atom. The molecule has 0 bridgehead atoms. The quantitative estimate of drug-likeness (QED) is 0.759. The number of para-hydroxylation sites is 1. The van der Waals surface area contributed by atoms with Gasteiger partial charge in [-0.1, -0.05) is 38.5 Å². The predicted molar refractivity (Wildman–Crippen MR) is 71.0 cm³/mol. The second-order valence-electron chi connectivity index (χ2n) is 5.00. The summed E-state index contributed by atoms with van der Waals surface area (Å²) in [7, 11) is 0. The summed E-state index contributed by atoms with van der Waals surface area (Å²) < 4.78 is 0. The van der Waals surface area contributed by atoms with Gasteiger partial charge in [0.2, 0.25) is 5.91 Å². The second-order valence-corrected chi connectivity index (χ2v) is 5.00. The number of hydrogen-bond donors (Lipinski definition) is 0. The molecule has 0 aromatic heterocycles. The molecule has 1 amide bonds. The molecule has 2 heteroatoms. The Labute approximate surface area is 104 Å². The smallest absolute Gasteiger partial charge is 0.230 e. The van der Waals surface area contributed by atoms with Crippen LogP contribution in [0.15, 0.2) is 30.3 Å². The maximum atomic E-state index is 12.3. The van der Waals surface area contributed by atoms with Crippen molar-refractivity contribution >= 4 is 11.6 Å². The van der Waals surface area contributed by atoms with E-state index < -0.39 is 0 Å². The lowest BCUT2D eigenvalue weighted by atomic mass is 10.2. The van der Waals surface area contributed by atoms with Crippen molar-refractivity contribution in [3.63, 3.8) is 0 Å². The lowest BCUT2D eigenvalue weighted by Gasteiger charge is -2.22. The van der Waals surface area contributed by atoms with E-state index in [9.17, 15) is 4.79 Å². The lowest BCUT2D eigenvalue weighted by molar-refractivity contribution is -0.120. The number of benzene rings is 1. The second kappa shape index (κ2) is 5.35. The van der Waals surface area contributed by atoms with Crippen molar-refractivity contribution in [1.29, 1.82) is 0 Å². The molecule has 0 N–H and O–H groups in total. The Balaban J connectivity index is 2.10. The minimum Gasteiger partial charge on any atom is -0.312 e. The van der Waals surface area contributed by atoms with Gasteiger partial charge >= 0.3 is 0 Å². The summed E-state index contributed by atoms with van der Waals surface area (Å²) in [4.78, 5) is 14.3.